The molecule has 5 rings (SSSR count). The summed E-state index contributed by atoms with van der Waals surface area (Å²) in [5.41, 5.74) is 6.25. The molecule has 13 heteroatoms. The molecule has 1 aromatic carbocycles. The van der Waals surface area contributed by atoms with E-state index >= 15 is 0 Å². The molecule has 4 heterocycles. The molecule has 3 atom stereocenters. The normalized spacial score (nSPS) is 21.2. The van der Waals surface area contributed by atoms with Gasteiger partial charge in [0.15, 0.2) is 23.2 Å². The van der Waals surface area contributed by atoms with Gasteiger partial charge in [-0.05, 0) is 37.3 Å². The standard InChI is InChI=1S/C25H30F3N7O3/c1-14(15-2-5-34(6-3-15)25-32-23(4-7-36)33-38-25)37-16-10-30-24(31-11-16)35-12-18(22(29)13-35)17-8-20(27)21(28)9-19(17)26/h8-11,14-15,18,22,36H,2-7,12-13,29H2,1H3/t14-,18+,22-/m0/s1. The third kappa shape index (κ3) is 5.53. The molecule has 0 radical (unpaired) electrons. The van der Waals surface area contributed by atoms with Crippen LogP contribution in [0.15, 0.2) is 29.0 Å². The van der Waals surface area contributed by atoms with Crippen LogP contribution >= 0.6 is 0 Å². The van der Waals surface area contributed by atoms with Crippen molar-refractivity contribution in [2.75, 3.05) is 42.6 Å². The van der Waals surface area contributed by atoms with E-state index in [1.165, 1.54) is 0 Å². The van der Waals surface area contributed by atoms with Crippen LogP contribution in [0.5, 0.6) is 5.75 Å². The Morgan fingerprint density at radius 3 is 2.50 bits per heavy atom. The largest absolute Gasteiger partial charge is 0.487 e. The number of nitrogens with zero attached hydrogens (tertiary/aromatic N) is 6. The topological polar surface area (TPSA) is 127 Å². The van der Waals surface area contributed by atoms with Gasteiger partial charge in [-0.15, -0.1) is 0 Å². The van der Waals surface area contributed by atoms with Crippen molar-refractivity contribution in [3.63, 3.8) is 0 Å². The molecule has 10 nitrogen and oxygen atoms in total. The number of nitrogens with two attached hydrogens (primary N) is 1. The van der Waals surface area contributed by atoms with Crippen molar-refractivity contribution in [2.24, 2.45) is 11.7 Å². The van der Waals surface area contributed by atoms with Crippen LogP contribution in [0.3, 0.4) is 0 Å². The van der Waals surface area contributed by atoms with E-state index in [9.17, 15) is 13.2 Å². The predicted molar refractivity (Wildman–Crippen MR) is 131 cm³/mol. The third-order valence-electron chi connectivity index (χ3n) is 7.29. The van der Waals surface area contributed by atoms with Crippen LogP contribution in [-0.4, -0.2) is 70.1 Å². The number of hydrogen-bond acceptors (Lipinski definition) is 10. The minimum atomic E-state index is -1.23. The molecule has 3 aromatic rings. The summed E-state index contributed by atoms with van der Waals surface area (Å²) >= 11 is 0. The SMILES string of the molecule is C[C@H](Oc1cnc(N2C[C@H](c3cc(F)c(F)cc3F)[C@@H](N)C2)nc1)C1CCN(c2nc(CCO)no2)CC1. The van der Waals surface area contributed by atoms with Gasteiger partial charge in [0, 0.05) is 50.6 Å². The van der Waals surface area contributed by atoms with Crippen molar-refractivity contribution in [3.05, 3.63) is 53.4 Å². The molecule has 2 aromatic heterocycles. The van der Waals surface area contributed by atoms with Gasteiger partial charge in [-0.3, -0.25) is 0 Å². The molecule has 0 amide bonds. The minimum absolute atomic E-state index is 0.0239. The second kappa shape index (κ2) is 11.1. The van der Waals surface area contributed by atoms with Crippen LogP contribution in [0, 0.1) is 23.4 Å². The third-order valence-corrected chi connectivity index (χ3v) is 7.29. The van der Waals surface area contributed by atoms with Crippen molar-refractivity contribution >= 4 is 12.0 Å². The molecule has 0 unspecified atom stereocenters. The summed E-state index contributed by atoms with van der Waals surface area (Å²) in [5.74, 6) is -1.94. The summed E-state index contributed by atoms with van der Waals surface area (Å²) in [4.78, 5) is 16.9. The maximum absolute atomic E-state index is 14.3. The summed E-state index contributed by atoms with van der Waals surface area (Å²) in [7, 11) is 0. The van der Waals surface area contributed by atoms with E-state index < -0.39 is 29.4 Å². The summed E-state index contributed by atoms with van der Waals surface area (Å²) in [6.45, 7) is 4.12. The fourth-order valence-electron chi connectivity index (χ4n) is 5.12. The quantitative estimate of drug-likeness (QED) is 0.417. The van der Waals surface area contributed by atoms with E-state index in [-0.39, 0.29) is 24.8 Å². The lowest BCUT2D eigenvalue weighted by molar-refractivity contribution is 0.131. The number of ether oxygens (including phenoxy) is 1. The molecule has 204 valence electrons. The fourth-order valence-corrected chi connectivity index (χ4v) is 5.12. The molecule has 0 saturated carbocycles. The highest BCUT2D eigenvalue weighted by molar-refractivity contribution is 5.39. The fraction of sp³-hybridized carbons (Fsp3) is 0.520. The average Bonchev–Trinajstić information content (AvgIpc) is 3.54. The smallest absolute Gasteiger partial charge is 0.324 e. The molecule has 3 N–H and O–H groups in total. The Morgan fingerprint density at radius 2 is 1.79 bits per heavy atom. The van der Waals surface area contributed by atoms with Gasteiger partial charge in [-0.1, -0.05) is 5.16 Å². The Balaban J connectivity index is 1.15. The molecule has 2 aliphatic rings. The van der Waals surface area contributed by atoms with Crippen LogP contribution in [-0.2, 0) is 6.42 Å². The molecule has 38 heavy (non-hydrogen) atoms. The number of aromatic nitrogens is 4. The summed E-state index contributed by atoms with van der Waals surface area (Å²) < 4.78 is 52.8. The van der Waals surface area contributed by atoms with Crippen LogP contribution in [0.4, 0.5) is 25.1 Å². The van der Waals surface area contributed by atoms with Crippen LogP contribution in [0.1, 0.15) is 37.1 Å². The molecule has 0 aliphatic carbocycles. The highest BCUT2D eigenvalue weighted by atomic mass is 19.2. The highest BCUT2D eigenvalue weighted by Crippen LogP contribution is 2.32. The van der Waals surface area contributed by atoms with E-state index in [1.807, 2.05) is 11.8 Å². The van der Waals surface area contributed by atoms with Gasteiger partial charge in [0.25, 0.3) is 0 Å². The molecular formula is C25H30F3N7O3. The van der Waals surface area contributed by atoms with Crippen molar-refractivity contribution in [1.82, 2.24) is 20.1 Å². The Kier molecular flexibility index (Phi) is 7.65. The zero-order valence-electron chi connectivity index (χ0n) is 20.9. The number of rotatable bonds is 8. The Bertz CT molecular complexity index is 1240. The van der Waals surface area contributed by atoms with Crippen LogP contribution in [0.2, 0.25) is 0 Å². The Hall–Kier alpha value is -3.45. The van der Waals surface area contributed by atoms with Gasteiger partial charge in [-0.2, -0.15) is 4.98 Å². The van der Waals surface area contributed by atoms with Crippen molar-refractivity contribution in [3.8, 4) is 5.75 Å². The zero-order valence-corrected chi connectivity index (χ0v) is 20.9. The molecule has 2 fully saturated rings. The van der Waals surface area contributed by atoms with E-state index in [2.05, 4.69) is 20.1 Å². The van der Waals surface area contributed by atoms with Gasteiger partial charge < -0.3 is 29.9 Å². The number of aliphatic hydroxyl groups excluding tert-OH is 1. The number of aliphatic hydroxyl groups is 1. The highest BCUT2D eigenvalue weighted by Gasteiger charge is 2.35. The number of halogens is 3. The second-order valence-electron chi connectivity index (χ2n) is 9.80. The number of anilines is 2. The second-order valence-corrected chi connectivity index (χ2v) is 9.80. The summed E-state index contributed by atoms with van der Waals surface area (Å²) in [6, 6.07) is 1.40. The van der Waals surface area contributed by atoms with E-state index in [1.54, 1.807) is 17.3 Å². The van der Waals surface area contributed by atoms with Gasteiger partial charge in [-0.25, -0.2) is 23.1 Å². The first kappa shape index (κ1) is 26.2. The van der Waals surface area contributed by atoms with Crippen molar-refractivity contribution < 1.29 is 27.5 Å². The van der Waals surface area contributed by atoms with Gasteiger partial charge in [0.1, 0.15) is 5.82 Å². The van der Waals surface area contributed by atoms with E-state index in [4.69, 9.17) is 20.1 Å². The lowest BCUT2D eigenvalue weighted by Gasteiger charge is -2.33. The van der Waals surface area contributed by atoms with Crippen molar-refractivity contribution in [1.29, 1.82) is 0 Å². The molecule has 2 aliphatic heterocycles. The van der Waals surface area contributed by atoms with E-state index in [0.717, 1.165) is 32.0 Å². The number of piperidine rings is 1. The van der Waals surface area contributed by atoms with Crippen LogP contribution in [0.25, 0.3) is 0 Å². The number of benzene rings is 1. The van der Waals surface area contributed by atoms with Crippen molar-refractivity contribution in [2.45, 2.75) is 44.2 Å². The lowest BCUT2D eigenvalue weighted by Crippen LogP contribution is -2.38. The Morgan fingerprint density at radius 1 is 1.08 bits per heavy atom. The average molecular weight is 534 g/mol. The molecular weight excluding hydrogens is 503 g/mol. The van der Waals surface area contributed by atoms with Gasteiger partial charge in [0.2, 0.25) is 5.95 Å². The van der Waals surface area contributed by atoms with Crippen LogP contribution < -0.4 is 20.3 Å². The molecule has 0 spiro atoms. The van der Waals surface area contributed by atoms with Gasteiger partial charge >= 0.3 is 6.01 Å². The minimum Gasteiger partial charge on any atom is -0.487 e. The maximum atomic E-state index is 14.3. The monoisotopic (exact) mass is 533 g/mol. The van der Waals surface area contributed by atoms with Gasteiger partial charge in [0.05, 0.1) is 25.1 Å². The summed E-state index contributed by atoms with van der Waals surface area (Å²) in [5, 5.41) is 12.9. The predicted octanol–water partition coefficient (Wildman–Crippen LogP) is 2.43. The zero-order chi connectivity index (χ0) is 26.8. The lowest BCUT2D eigenvalue weighted by atomic mass is 9.92. The summed E-state index contributed by atoms with van der Waals surface area (Å²) in [6.07, 6.45) is 5.23. The molecule has 2 saturated heterocycles. The Labute approximate surface area is 217 Å². The van der Waals surface area contributed by atoms with E-state index in [0.29, 0.717) is 48.5 Å². The first-order chi connectivity index (χ1) is 18.3. The molecule has 0 bridgehead atoms. The first-order valence-electron chi connectivity index (χ1n) is 12.6. The maximum Gasteiger partial charge on any atom is 0.324 e. The first-order valence-corrected chi connectivity index (χ1v) is 12.6. The number of hydrogen-bond donors (Lipinski definition) is 2.